The third-order valence-electron chi connectivity index (χ3n) is 2.89. The summed E-state index contributed by atoms with van der Waals surface area (Å²) in [6, 6.07) is 3.99. The molecule has 0 unspecified atom stereocenters. The lowest BCUT2D eigenvalue weighted by Crippen LogP contribution is -2.29. The number of nitrogens with one attached hydrogen (secondary N) is 1. The lowest BCUT2D eigenvalue weighted by molar-refractivity contribution is -0.384. The van der Waals surface area contributed by atoms with Crippen molar-refractivity contribution in [2.75, 3.05) is 34.3 Å². The number of amides is 1. The van der Waals surface area contributed by atoms with Crippen molar-refractivity contribution in [3.8, 4) is 5.75 Å². The quantitative estimate of drug-likeness (QED) is 0.462. The molecule has 1 amide bonds. The Labute approximate surface area is 117 Å². The number of benzene rings is 1. The second-order valence-electron chi connectivity index (χ2n) is 4.33. The van der Waals surface area contributed by atoms with Crippen LogP contribution in [0.15, 0.2) is 18.2 Å². The first-order chi connectivity index (χ1) is 9.51. The molecule has 0 aliphatic heterocycles. The SMILES string of the molecule is CNCCCN(C)C(=O)c1ccc([N+](=O)[O-])cc1OC. The molecule has 0 aromatic heterocycles. The van der Waals surface area contributed by atoms with Gasteiger partial charge in [-0.15, -0.1) is 0 Å². The third-order valence-corrected chi connectivity index (χ3v) is 2.89. The Morgan fingerprint density at radius 3 is 2.75 bits per heavy atom. The summed E-state index contributed by atoms with van der Waals surface area (Å²) in [7, 11) is 4.93. The second-order valence-corrected chi connectivity index (χ2v) is 4.33. The Morgan fingerprint density at radius 1 is 1.50 bits per heavy atom. The number of methoxy groups -OCH3 is 1. The minimum Gasteiger partial charge on any atom is -0.496 e. The van der Waals surface area contributed by atoms with Crippen LogP contribution in [0.2, 0.25) is 0 Å². The average Bonchev–Trinajstić information content (AvgIpc) is 2.45. The van der Waals surface area contributed by atoms with Gasteiger partial charge < -0.3 is 15.0 Å². The van der Waals surface area contributed by atoms with Gasteiger partial charge in [0, 0.05) is 19.7 Å². The molecule has 0 saturated carbocycles. The Morgan fingerprint density at radius 2 is 2.20 bits per heavy atom. The largest absolute Gasteiger partial charge is 0.496 e. The van der Waals surface area contributed by atoms with E-state index in [-0.39, 0.29) is 17.3 Å². The molecule has 0 heterocycles. The van der Waals surface area contributed by atoms with Gasteiger partial charge in [0.05, 0.1) is 23.7 Å². The summed E-state index contributed by atoms with van der Waals surface area (Å²) < 4.78 is 5.07. The zero-order valence-electron chi connectivity index (χ0n) is 11.9. The smallest absolute Gasteiger partial charge is 0.273 e. The fourth-order valence-electron chi connectivity index (χ4n) is 1.77. The normalized spacial score (nSPS) is 10.2. The van der Waals surface area contributed by atoms with Gasteiger partial charge in [0.25, 0.3) is 11.6 Å². The van der Waals surface area contributed by atoms with Gasteiger partial charge in [0.2, 0.25) is 0 Å². The van der Waals surface area contributed by atoms with Crippen LogP contribution in [0.25, 0.3) is 0 Å². The topological polar surface area (TPSA) is 84.7 Å². The number of non-ortho nitro benzene ring substituents is 1. The minimum absolute atomic E-state index is 0.101. The zero-order chi connectivity index (χ0) is 15.1. The zero-order valence-corrected chi connectivity index (χ0v) is 11.9. The van der Waals surface area contributed by atoms with E-state index in [4.69, 9.17) is 4.74 Å². The predicted molar refractivity (Wildman–Crippen MR) is 75.2 cm³/mol. The van der Waals surface area contributed by atoms with E-state index in [0.29, 0.717) is 12.1 Å². The van der Waals surface area contributed by atoms with E-state index in [1.54, 1.807) is 11.9 Å². The van der Waals surface area contributed by atoms with Crippen molar-refractivity contribution in [1.82, 2.24) is 10.2 Å². The van der Waals surface area contributed by atoms with Crippen molar-refractivity contribution >= 4 is 11.6 Å². The summed E-state index contributed by atoms with van der Waals surface area (Å²) >= 11 is 0. The molecule has 0 aliphatic rings. The first-order valence-electron chi connectivity index (χ1n) is 6.23. The number of carbonyl (C=O) groups is 1. The van der Waals surface area contributed by atoms with Crippen molar-refractivity contribution in [1.29, 1.82) is 0 Å². The summed E-state index contributed by atoms with van der Waals surface area (Å²) in [5, 5.41) is 13.7. The molecular weight excluding hydrogens is 262 g/mol. The molecule has 7 nitrogen and oxygen atoms in total. The van der Waals surface area contributed by atoms with E-state index in [1.165, 1.54) is 25.3 Å². The summed E-state index contributed by atoms with van der Waals surface area (Å²) in [5.74, 6) is -0.00230. The molecule has 0 fully saturated rings. The van der Waals surface area contributed by atoms with E-state index in [9.17, 15) is 14.9 Å². The van der Waals surface area contributed by atoms with Gasteiger partial charge in [-0.3, -0.25) is 14.9 Å². The van der Waals surface area contributed by atoms with Crippen LogP contribution in [-0.2, 0) is 0 Å². The highest BCUT2D eigenvalue weighted by atomic mass is 16.6. The van der Waals surface area contributed by atoms with E-state index in [2.05, 4.69) is 5.32 Å². The van der Waals surface area contributed by atoms with E-state index >= 15 is 0 Å². The van der Waals surface area contributed by atoms with Crippen LogP contribution >= 0.6 is 0 Å². The average molecular weight is 281 g/mol. The van der Waals surface area contributed by atoms with Crippen molar-refractivity contribution in [2.24, 2.45) is 0 Å². The monoisotopic (exact) mass is 281 g/mol. The molecule has 20 heavy (non-hydrogen) atoms. The highest BCUT2D eigenvalue weighted by molar-refractivity contribution is 5.97. The maximum Gasteiger partial charge on any atom is 0.273 e. The van der Waals surface area contributed by atoms with Gasteiger partial charge in [-0.2, -0.15) is 0 Å². The van der Waals surface area contributed by atoms with Crippen LogP contribution in [0.4, 0.5) is 5.69 Å². The molecule has 0 saturated heterocycles. The standard InChI is InChI=1S/C13H19N3O4/c1-14-7-4-8-15(2)13(17)11-6-5-10(16(18)19)9-12(11)20-3/h5-6,9,14H,4,7-8H2,1-3H3. The van der Waals surface area contributed by atoms with Crippen molar-refractivity contribution in [2.45, 2.75) is 6.42 Å². The van der Waals surface area contributed by atoms with Crippen molar-refractivity contribution < 1.29 is 14.5 Å². The molecular formula is C13H19N3O4. The highest BCUT2D eigenvalue weighted by Gasteiger charge is 2.19. The Hall–Kier alpha value is -2.15. The van der Waals surface area contributed by atoms with Gasteiger partial charge in [-0.05, 0) is 26.1 Å². The van der Waals surface area contributed by atoms with Crippen LogP contribution < -0.4 is 10.1 Å². The summed E-state index contributed by atoms with van der Waals surface area (Å²) in [6.45, 7) is 1.41. The lowest BCUT2D eigenvalue weighted by Gasteiger charge is -2.18. The number of ether oxygens (including phenoxy) is 1. The number of hydrogen-bond donors (Lipinski definition) is 1. The number of carbonyl (C=O) groups excluding carboxylic acids is 1. The highest BCUT2D eigenvalue weighted by Crippen LogP contribution is 2.25. The minimum atomic E-state index is -0.520. The molecule has 0 atom stereocenters. The number of nitro groups is 1. The molecule has 110 valence electrons. The van der Waals surface area contributed by atoms with Gasteiger partial charge in [-0.1, -0.05) is 0 Å². The Kier molecular flexibility index (Phi) is 5.92. The molecule has 1 aromatic carbocycles. The number of rotatable bonds is 7. The predicted octanol–water partition coefficient (Wildman–Crippen LogP) is 1.28. The first kappa shape index (κ1) is 15.9. The number of hydrogen-bond acceptors (Lipinski definition) is 5. The molecule has 7 heteroatoms. The van der Waals surface area contributed by atoms with Crippen LogP contribution in [0.5, 0.6) is 5.75 Å². The van der Waals surface area contributed by atoms with Crippen LogP contribution in [0.1, 0.15) is 16.8 Å². The Bertz CT molecular complexity index is 491. The fourth-order valence-corrected chi connectivity index (χ4v) is 1.77. The summed E-state index contributed by atoms with van der Waals surface area (Å²) in [4.78, 5) is 24.0. The van der Waals surface area contributed by atoms with E-state index in [0.717, 1.165) is 13.0 Å². The first-order valence-corrected chi connectivity index (χ1v) is 6.23. The second kappa shape index (κ2) is 7.44. The van der Waals surface area contributed by atoms with Crippen molar-refractivity contribution in [3.05, 3.63) is 33.9 Å². The van der Waals surface area contributed by atoms with E-state index in [1.807, 2.05) is 7.05 Å². The van der Waals surface area contributed by atoms with Crippen molar-refractivity contribution in [3.63, 3.8) is 0 Å². The fraction of sp³-hybridized carbons (Fsp3) is 0.462. The molecule has 1 rings (SSSR count). The van der Waals surface area contributed by atoms with E-state index < -0.39 is 4.92 Å². The van der Waals surface area contributed by atoms with Crippen LogP contribution in [0.3, 0.4) is 0 Å². The third kappa shape index (κ3) is 3.92. The summed E-state index contributed by atoms with van der Waals surface area (Å²) in [6.07, 6.45) is 0.827. The molecule has 0 radical (unpaired) electrons. The molecule has 0 aliphatic carbocycles. The maximum atomic E-state index is 12.3. The molecule has 0 bridgehead atoms. The molecule has 0 spiro atoms. The van der Waals surface area contributed by atoms with Crippen LogP contribution in [0, 0.1) is 10.1 Å². The maximum absolute atomic E-state index is 12.3. The molecule has 1 N–H and O–H groups in total. The summed E-state index contributed by atoms with van der Waals surface area (Å²) in [5.41, 5.74) is 0.223. The van der Waals surface area contributed by atoms with Gasteiger partial charge in [0.1, 0.15) is 5.75 Å². The molecule has 1 aromatic rings. The van der Waals surface area contributed by atoms with Gasteiger partial charge >= 0.3 is 0 Å². The number of nitrogens with zero attached hydrogens (tertiary/aromatic N) is 2. The Balaban J connectivity index is 2.89. The van der Waals surface area contributed by atoms with Gasteiger partial charge in [0.15, 0.2) is 0 Å². The van der Waals surface area contributed by atoms with Gasteiger partial charge in [-0.25, -0.2) is 0 Å². The van der Waals surface area contributed by atoms with Crippen LogP contribution in [-0.4, -0.2) is 50.0 Å². The number of nitro benzene ring substituents is 1. The lowest BCUT2D eigenvalue weighted by atomic mass is 10.1.